The second-order valence-electron chi connectivity index (χ2n) is 3.48. The standard InChI is InChI=1S/C10H9ClF3N3OS/c11-5-1-2-6(8(15)19)7(3-5)17-9(18)16-4-10(12,13)14/h1-3H,4H2,(H2,15,19)(H2,16,17,18). The van der Waals surface area contributed by atoms with Gasteiger partial charge in [-0.2, -0.15) is 13.2 Å². The minimum atomic E-state index is -4.49. The van der Waals surface area contributed by atoms with E-state index in [4.69, 9.17) is 29.6 Å². The summed E-state index contributed by atoms with van der Waals surface area (Å²) in [6.07, 6.45) is -4.49. The van der Waals surface area contributed by atoms with Gasteiger partial charge in [0.15, 0.2) is 0 Å². The predicted molar refractivity (Wildman–Crippen MR) is 70.4 cm³/mol. The first-order valence-corrected chi connectivity index (χ1v) is 5.68. The summed E-state index contributed by atoms with van der Waals surface area (Å²) in [4.78, 5) is 11.3. The second kappa shape index (κ2) is 6.07. The lowest BCUT2D eigenvalue weighted by Crippen LogP contribution is -2.37. The van der Waals surface area contributed by atoms with Crippen molar-refractivity contribution in [3.05, 3.63) is 28.8 Å². The van der Waals surface area contributed by atoms with Crippen molar-refractivity contribution < 1.29 is 18.0 Å². The van der Waals surface area contributed by atoms with Crippen LogP contribution >= 0.6 is 23.8 Å². The average Bonchev–Trinajstić information content (AvgIpc) is 2.25. The summed E-state index contributed by atoms with van der Waals surface area (Å²) in [5, 5.41) is 4.14. The van der Waals surface area contributed by atoms with Gasteiger partial charge in [-0.05, 0) is 18.2 Å². The summed E-state index contributed by atoms with van der Waals surface area (Å²) in [5.74, 6) is 0. The fraction of sp³-hybridized carbons (Fsp3) is 0.200. The van der Waals surface area contributed by atoms with Crippen molar-refractivity contribution in [2.45, 2.75) is 6.18 Å². The molecule has 0 atom stereocenters. The van der Waals surface area contributed by atoms with Crippen LogP contribution in [0.2, 0.25) is 5.02 Å². The molecule has 4 nitrogen and oxygen atoms in total. The number of carbonyl (C=O) groups is 1. The van der Waals surface area contributed by atoms with Gasteiger partial charge >= 0.3 is 12.2 Å². The van der Waals surface area contributed by atoms with Crippen molar-refractivity contribution >= 4 is 40.5 Å². The fourth-order valence-corrected chi connectivity index (χ4v) is 1.53. The number of alkyl halides is 3. The SMILES string of the molecule is NC(=S)c1ccc(Cl)cc1NC(=O)NCC(F)(F)F. The lowest BCUT2D eigenvalue weighted by atomic mass is 10.2. The van der Waals surface area contributed by atoms with Crippen LogP contribution in [0.4, 0.5) is 23.7 Å². The maximum absolute atomic E-state index is 11.9. The molecule has 0 spiro atoms. The van der Waals surface area contributed by atoms with Crippen molar-refractivity contribution in [3.8, 4) is 0 Å². The van der Waals surface area contributed by atoms with Gasteiger partial charge in [-0.15, -0.1) is 0 Å². The molecule has 4 N–H and O–H groups in total. The Hall–Kier alpha value is -1.54. The molecule has 0 heterocycles. The average molecular weight is 312 g/mol. The number of anilines is 1. The Balaban J connectivity index is 2.78. The zero-order valence-corrected chi connectivity index (χ0v) is 10.9. The number of nitrogens with two attached hydrogens (primary N) is 1. The van der Waals surface area contributed by atoms with Gasteiger partial charge in [-0.25, -0.2) is 4.79 Å². The molecule has 0 aliphatic rings. The van der Waals surface area contributed by atoms with E-state index in [9.17, 15) is 18.0 Å². The molecule has 0 unspecified atom stereocenters. The maximum Gasteiger partial charge on any atom is 0.405 e. The van der Waals surface area contributed by atoms with Gasteiger partial charge in [0.2, 0.25) is 0 Å². The molecule has 0 aliphatic heterocycles. The molecule has 1 aromatic rings. The third-order valence-electron chi connectivity index (χ3n) is 1.94. The van der Waals surface area contributed by atoms with Gasteiger partial charge < -0.3 is 16.4 Å². The van der Waals surface area contributed by atoms with Crippen LogP contribution in [-0.4, -0.2) is 23.7 Å². The van der Waals surface area contributed by atoms with Gasteiger partial charge in [0, 0.05) is 10.6 Å². The third-order valence-corrected chi connectivity index (χ3v) is 2.40. The van der Waals surface area contributed by atoms with Gasteiger partial charge in [0.05, 0.1) is 5.69 Å². The molecule has 0 radical (unpaired) electrons. The number of rotatable bonds is 3. The Labute approximate surface area is 117 Å². The van der Waals surface area contributed by atoms with Crippen molar-refractivity contribution in [2.24, 2.45) is 5.73 Å². The zero-order chi connectivity index (χ0) is 14.6. The van der Waals surface area contributed by atoms with E-state index in [2.05, 4.69) is 5.32 Å². The van der Waals surface area contributed by atoms with Crippen molar-refractivity contribution in [2.75, 3.05) is 11.9 Å². The summed E-state index contributed by atoms with van der Waals surface area (Å²) >= 11 is 10.5. The Morgan fingerprint density at radius 2 is 2.05 bits per heavy atom. The minimum absolute atomic E-state index is 0.0113. The first-order valence-electron chi connectivity index (χ1n) is 4.90. The summed E-state index contributed by atoms with van der Waals surface area (Å²) in [6, 6.07) is 3.26. The molecule has 104 valence electrons. The van der Waals surface area contributed by atoms with Crippen LogP contribution in [0.25, 0.3) is 0 Å². The fourth-order valence-electron chi connectivity index (χ4n) is 1.18. The van der Waals surface area contributed by atoms with Crippen molar-refractivity contribution in [1.82, 2.24) is 5.32 Å². The van der Waals surface area contributed by atoms with Gasteiger partial charge in [-0.1, -0.05) is 23.8 Å². The molecular formula is C10H9ClF3N3OS. The summed E-state index contributed by atoms with van der Waals surface area (Å²) in [6.45, 7) is -1.44. The lowest BCUT2D eigenvalue weighted by Gasteiger charge is -2.12. The molecule has 0 aromatic heterocycles. The highest BCUT2D eigenvalue weighted by Gasteiger charge is 2.27. The molecule has 0 aliphatic carbocycles. The Bertz CT molecular complexity index is 507. The topological polar surface area (TPSA) is 67.1 Å². The number of hydrogen-bond donors (Lipinski definition) is 3. The molecule has 0 saturated heterocycles. The quantitative estimate of drug-likeness (QED) is 0.752. The van der Waals surface area contributed by atoms with Gasteiger partial charge in [-0.3, -0.25) is 0 Å². The van der Waals surface area contributed by atoms with Crippen molar-refractivity contribution in [1.29, 1.82) is 0 Å². The number of halogens is 4. The Morgan fingerprint density at radius 3 is 2.58 bits per heavy atom. The molecule has 9 heteroatoms. The largest absolute Gasteiger partial charge is 0.405 e. The minimum Gasteiger partial charge on any atom is -0.389 e. The number of nitrogens with one attached hydrogen (secondary N) is 2. The van der Waals surface area contributed by atoms with E-state index in [1.165, 1.54) is 18.2 Å². The Kier molecular flexibility index (Phi) is 4.96. The molecule has 19 heavy (non-hydrogen) atoms. The van der Waals surface area contributed by atoms with Crippen LogP contribution < -0.4 is 16.4 Å². The highest BCUT2D eigenvalue weighted by atomic mass is 35.5. The predicted octanol–water partition coefficient (Wildman–Crippen LogP) is 2.66. The lowest BCUT2D eigenvalue weighted by molar-refractivity contribution is -0.122. The summed E-state index contributed by atoms with van der Waals surface area (Å²) in [5.41, 5.74) is 5.87. The Morgan fingerprint density at radius 1 is 1.42 bits per heavy atom. The first-order chi connectivity index (χ1) is 8.69. The normalized spacial score (nSPS) is 10.9. The molecule has 0 fully saturated rings. The highest BCUT2D eigenvalue weighted by molar-refractivity contribution is 7.80. The van der Waals surface area contributed by atoms with Crippen LogP contribution in [0.5, 0.6) is 0 Å². The summed E-state index contributed by atoms with van der Waals surface area (Å²) < 4.78 is 35.8. The number of amides is 2. The smallest absolute Gasteiger partial charge is 0.389 e. The number of hydrogen-bond acceptors (Lipinski definition) is 2. The maximum atomic E-state index is 11.9. The van der Waals surface area contributed by atoms with E-state index in [1.807, 2.05) is 0 Å². The number of benzene rings is 1. The van der Waals surface area contributed by atoms with E-state index < -0.39 is 18.8 Å². The van der Waals surface area contributed by atoms with E-state index in [0.29, 0.717) is 5.56 Å². The molecule has 1 aromatic carbocycles. The number of thiocarbonyl (C=S) groups is 1. The monoisotopic (exact) mass is 311 g/mol. The molecular weight excluding hydrogens is 303 g/mol. The molecule has 0 bridgehead atoms. The summed E-state index contributed by atoms with van der Waals surface area (Å²) in [7, 11) is 0. The molecule has 1 rings (SSSR count). The van der Waals surface area contributed by atoms with E-state index >= 15 is 0 Å². The third kappa shape index (κ3) is 5.31. The highest BCUT2D eigenvalue weighted by Crippen LogP contribution is 2.21. The van der Waals surface area contributed by atoms with Crippen LogP contribution in [0.1, 0.15) is 5.56 Å². The van der Waals surface area contributed by atoms with Crippen molar-refractivity contribution in [3.63, 3.8) is 0 Å². The first kappa shape index (κ1) is 15.5. The zero-order valence-electron chi connectivity index (χ0n) is 9.34. The van der Waals surface area contributed by atoms with Crippen LogP contribution in [-0.2, 0) is 0 Å². The number of carbonyl (C=O) groups excluding carboxylic acids is 1. The van der Waals surface area contributed by atoms with Crippen LogP contribution in [0.3, 0.4) is 0 Å². The van der Waals surface area contributed by atoms with Crippen LogP contribution in [0, 0.1) is 0 Å². The van der Waals surface area contributed by atoms with E-state index in [-0.39, 0.29) is 15.7 Å². The second-order valence-corrected chi connectivity index (χ2v) is 4.35. The van der Waals surface area contributed by atoms with Gasteiger partial charge in [0.1, 0.15) is 11.5 Å². The van der Waals surface area contributed by atoms with Gasteiger partial charge in [0.25, 0.3) is 0 Å². The van der Waals surface area contributed by atoms with Crippen LogP contribution in [0.15, 0.2) is 18.2 Å². The molecule has 0 saturated carbocycles. The van der Waals surface area contributed by atoms with E-state index in [1.54, 1.807) is 5.32 Å². The van der Waals surface area contributed by atoms with E-state index in [0.717, 1.165) is 0 Å². The molecule has 2 amide bonds. The number of urea groups is 1.